The van der Waals surface area contributed by atoms with Gasteiger partial charge < -0.3 is 10.0 Å². The Morgan fingerprint density at radius 2 is 2.14 bits per heavy atom. The quantitative estimate of drug-likeness (QED) is 0.904. The summed E-state index contributed by atoms with van der Waals surface area (Å²) in [7, 11) is 0. The highest BCUT2D eigenvalue weighted by Crippen LogP contribution is 2.34. The monoisotopic (exact) mass is 353 g/mol. The summed E-state index contributed by atoms with van der Waals surface area (Å²) >= 11 is 3.43. The van der Waals surface area contributed by atoms with E-state index in [4.69, 9.17) is 0 Å². The summed E-state index contributed by atoms with van der Waals surface area (Å²) in [5, 5.41) is 9.49. The number of benzene rings is 1. The molecule has 114 valence electrons. The lowest BCUT2D eigenvalue weighted by Gasteiger charge is -2.39. The van der Waals surface area contributed by atoms with Crippen LogP contribution in [0.2, 0.25) is 0 Å². The van der Waals surface area contributed by atoms with Gasteiger partial charge in [-0.2, -0.15) is 0 Å². The Kier molecular flexibility index (Phi) is 4.71. The fourth-order valence-electron chi connectivity index (χ4n) is 2.83. The van der Waals surface area contributed by atoms with Crippen LogP contribution in [0.5, 0.6) is 0 Å². The van der Waals surface area contributed by atoms with E-state index >= 15 is 0 Å². The van der Waals surface area contributed by atoms with Crippen molar-refractivity contribution in [3.8, 4) is 0 Å². The summed E-state index contributed by atoms with van der Waals surface area (Å²) in [6.07, 6.45) is 1.92. The van der Waals surface area contributed by atoms with E-state index in [9.17, 15) is 14.7 Å². The van der Waals surface area contributed by atoms with Crippen LogP contribution in [0, 0.1) is 12.3 Å². The van der Waals surface area contributed by atoms with Gasteiger partial charge in [-0.1, -0.05) is 28.9 Å². The van der Waals surface area contributed by atoms with E-state index in [1.165, 1.54) is 0 Å². The van der Waals surface area contributed by atoms with E-state index in [0.717, 1.165) is 16.5 Å². The predicted molar refractivity (Wildman–Crippen MR) is 84.4 cm³/mol. The number of amides is 1. The van der Waals surface area contributed by atoms with Crippen molar-refractivity contribution >= 4 is 27.8 Å². The maximum atomic E-state index is 12.6. The molecule has 0 aromatic heterocycles. The smallest absolute Gasteiger partial charge is 0.311 e. The van der Waals surface area contributed by atoms with Gasteiger partial charge in [-0.05, 0) is 43.9 Å². The standard InChI is InChI=1S/C16H20BrNO3/c1-3-16(15(20)21)7-4-8-18(10-16)14(19)12-6-5-11(2)13(17)9-12/h5-6,9H,3-4,7-8,10H2,1-2H3,(H,20,21). The van der Waals surface area contributed by atoms with Gasteiger partial charge in [0.2, 0.25) is 0 Å². The van der Waals surface area contributed by atoms with Crippen molar-refractivity contribution in [2.24, 2.45) is 5.41 Å². The SMILES string of the molecule is CCC1(C(=O)O)CCCN(C(=O)c2ccc(C)c(Br)c2)C1. The van der Waals surface area contributed by atoms with E-state index in [-0.39, 0.29) is 5.91 Å². The highest BCUT2D eigenvalue weighted by atomic mass is 79.9. The van der Waals surface area contributed by atoms with Crippen LogP contribution in [-0.4, -0.2) is 35.0 Å². The van der Waals surface area contributed by atoms with E-state index in [0.29, 0.717) is 31.5 Å². The van der Waals surface area contributed by atoms with Crippen molar-refractivity contribution in [3.63, 3.8) is 0 Å². The molecule has 1 heterocycles. The maximum absolute atomic E-state index is 12.6. The summed E-state index contributed by atoms with van der Waals surface area (Å²) < 4.78 is 0.894. The van der Waals surface area contributed by atoms with Crippen LogP contribution in [0.15, 0.2) is 22.7 Å². The van der Waals surface area contributed by atoms with Crippen molar-refractivity contribution in [1.29, 1.82) is 0 Å². The van der Waals surface area contributed by atoms with Gasteiger partial charge in [-0.25, -0.2) is 0 Å². The Balaban J connectivity index is 2.22. The van der Waals surface area contributed by atoms with Crippen LogP contribution in [0.1, 0.15) is 42.1 Å². The molecule has 0 radical (unpaired) electrons. The van der Waals surface area contributed by atoms with E-state index in [1.807, 2.05) is 19.9 Å². The second-order valence-corrected chi connectivity index (χ2v) is 6.59. The number of hydrogen-bond acceptors (Lipinski definition) is 2. The highest BCUT2D eigenvalue weighted by molar-refractivity contribution is 9.10. The molecule has 1 aliphatic heterocycles. The summed E-state index contributed by atoms with van der Waals surface area (Å²) in [6, 6.07) is 5.50. The number of rotatable bonds is 3. The van der Waals surface area contributed by atoms with E-state index in [2.05, 4.69) is 15.9 Å². The lowest BCUT2D eigenvalue weighted by atomic mass is 9.77. The van der Waals surface area contributed by atoms with Gasteiger partial charge in [0.1, 0.15) is 0 Å². The molecule has 0 bridgehead atoms. The van der Waals surface area contributed by atoms with Crippen LogP contribution in [0.3, 0.4) is 0 Å². The fourth-order valence-corrected chi connectivity index (χ4v) is 3.21. The third-order valence-electron chi connectivity index (χ3n) is 4.41. The van der Waals surface area contributed by atoms with Gasteiger partial charge in [0.15, 0.2) is 0 Å². The van der Waals surface area contributed by atoms with Gasteiger partial charge in [-0.3, -0.25) is 9.59 Å². The number of piperidine rings is 1. The van der Waals surface area contributed by atoms with E-state index < -0.39 is 11.4 Å². The molecule has 5 heteroatoms. The van der Waals surface area contributed by atoms with E-state index in [1.54, 1.807) is 17.0 Å². The molecule has 1 unspecified atom stereocenters. The zero-order valence-electron chi connectivity index (χ0n) is 12.4. The lowest BCUT2D eigenvalue weighted by Crippen LogP contribution is -2.49. The topological polar surface area (TPSA) is 57.6 Å². The molecule has 4 nitrogen and oxygen atoms in total. The Morgan fingerprint density at radius 3 is 2.71 bits per heavy atom. The molecule has 1 N–H and O–H groups in total. The molecule has 1 aromatic carbocycles. The Labute approximate surface area is 133 Å². The minimum Gasteiger partial charge on any atom is -0.481 e. The molecule has 2 rings (SSSR count). The van der Waals surface area contributed by atoms with Gasteiger partial charge >= 0.3 is 5.97 Å². The van der Waals surface area contributed by atoms with Crippen LogP contribution in [0.4, 0.5) is 0 Å². The molecule has 0 spiro atoms. The number of aryl methyl sites for hydroxylation is 1. The molecule has 1 aliphatic rings. The molecule has 0 aliphatic carbocycles. The number of aliphatic carboxylic acids is 1. The number of hydrogen-bond donors (Lipinski definition) is 1. The van der Waals surface area contributed by atoms with Gasteiger partial charge in [-0.15, -0.1) is 0 Å². The van der Waals surface area contributed by atoms with Crippen LogP contribution >= 0.6 is 15.9 Å². The molecule has 0 saturated carbocycles. The second-order valence-electron chi connectivity index (χ2n) is 5.73. The summed E-state index contributed by atoms with van der Waals surface area (Å²) in [6.45, 7) is 4.76. The van der Waals surface area contributed by atoms with Crippen molar-refractivity contribution in [3.05, 3.63) is 33.8 Å². The first-order valence-corrected chi connectivity index (χ1v) is 7.98. The summed E-state index contributed by atoms with van der Waals surface area (Å²) in [4.78, 5) is 25.8. The van der Waals surface area contributed by atoms with Gasteiger partial charge in [0.05, 0.1) is 5.41 Å². The van der Waals surface area contributed by atoms with Gasteiger partial charge in [0, 0.05) is 23.1 Å². The minimum absolute atomic E-state index is 0.0884. The highest BCUT2D eigenvalue weighted by Gasteiger charge is 2.42. The van der Waals surface area contributed by atoms with Crippen molar-refractivity contribution in [1.82, 2.24) is 4.90 Å². The Hall–Kier alpha value is -1.36. The van der Waals surface area contributed by atoms with Crippen LogP contribution < -0.4 is 0 Å². The molecule has 21 heavy (non-hydrogen) atoms. The molecule has 1 amide bonds. The normalized spacial score (nSPS) is 22.1. The molecular weight excluding hydrogens is 334 g/mol. The molecule has 1 saturated heterocycles. The number of halogens is 1. The van der Waals surface area contributed by atoms with Gasteiger partial charge in [0.25, 0.3) is 5.91 Å². The zero-order chi connectivity index (χ0) is 15.6. The third kappa shape index (κ3) is 3.12. The summed E-state index contributed by atoms with van der Waals surface area (Å²) in [5.41, 5.74) is 0.874. The number of likely N-dealkylation sites (tertiary alicyclic amines) is 1. The lowest BCUT2D eigenvalue weighted by molar-refractivity contribution is -0.152. The molecule has 1 fully saturated rings. The second kappa shape index (κ2) is 6.18. The van der Waals surface area contributed by atoms with Crippen molar-refractivity contribution in [2.75, 3.05) is 13.1 Å². The Bertz CT molecular complexity index is 573. The first kappa shape index (κ1) is 16.0. The van der Waals surface area contributed by atoms with Crippen LogP contribution in [0.25, 0.3) is 0 Å². The van der Waals surface area contributed by atoms with Crippen molar-refractivity contribution < 1.29 is 14.7 Å². The first-order valence-electron chi connectivity index (χ1n) is 7.18. The average Bonchev–Trinajstić information content (AvgIpc) is 2.49. The summed E-state index contributed by atoms with van der Waals surface area (Å²) in [5.74, 6) is -0.887. The average molecular weight is 354 g/mol. The molecule has 1 aromatic rings. The fraction of sp³-hybridized carbons (Fsp3) is 0.500. The minimum atomic E-state index is -0.799. The number of carbonyl (C=O) groups excluding carboxylic acids is 1. The third-order valence-corrected chi connectivity index (χ3v) is 5.27. The molecule has 1 atom stereocenters. The van der Waals surface area contributed by atoms with Crippen LogP contribution in [-0.2, 0) is 4.79 Å². The zero-order valence-corrected chi connectivity index (χ0v) is 13.9. The number of nitrogens with zero attached hydrogens (tertiary/aromatic N) is 1. The van der Waals surface area contributed by atoms with Crippen molar-refractivity contribution in [2.45, 2.75) is 33.1 Å². The molecular formula is C16H20BrNO3. The number of carbonyl (C=O) groups is 2. The first-order chi connectivity index (χ1) is 9.89. The Morgan fingerprint density at radius 1 is 1.43 bits per heavy atom. The number of carboxylic acids is 1. The number of carboxylic acid groups (broad SMARTS) is 1. The largest absolute Gasteiger partial charge is 0.481 e. The maximum Gasteiger partial charge on any atom is 0.311 e. The predicted octanol–water partition coefficient (Wildman–Crippen LogP) is 3.47.